The van der Waals surface area contributed by atoms with Crippen molar-refractivity contribution < 1.29 is 43.2 Å². The first-order valence-corrected chi connectivity index (χ1v) is 19.6. The lowest BCUT2D eigenvalue weighted by molar-refractivity contribution is -0.142. The molecule has 0 spiro atoms. The maximum Gasteiger partial charge on any atom is 0.408 e. The van der Waals surface area contributed by atoms with Gasteiger partial charge in [0.15, 0.2) is 0 Å². The standard InChI is InChI=1S/C30H41N3O9.C12H23N/c1-29(2,3)41-20-10-8-18(9-11-20)14-24(26(35)32-23(27(36)37)12-13-25(31)34)33-28(38)42-30(4,5)19-15-21(39-6)17-22(16-19)40-7;1-3-7-11(8-4-1)13-12-9-5-2-6-10-12/h8-11,15-17,23-24H,12-14H2,1-7H3,(H2,31,34)(H,32,35)(H,33,38)(H,36,37);11-13H,1-10H2/t23-,24-;/m0./s1. The molecule has 2 aromatic carbocycles. The van der Waals surface area contributed by atoms with Crippen LogP contribution in [0.4, 0.5) is 4.79 Å². The summed E-state index contributed by atoms with van der Waals surface area (Å²) in [6.45, 7) is 9.06. The van der Waals surface area contributed by atoms with Crippen molar-refractivity contribution in [2.45, 2.75) is 153 Å². The SMILES string of the molecule is C1CCC(NC2CCCCC2)CC1.COc1cc(OC)cc(C(C)(C)OC(=O)N[C@@H](Cc2ccc(OC(C)(C)C)cc2)C(=O)N[C@@H](CCC(N)=O)C(=O)O)c1. The van der Waals surface area contributed by atoms with E-state index in [1.165, 1.54) is 78.4 Å². The van der Waals surface area contributed by atoms with Gasteiger partial charge in [-0.2, -0.15) is 0 Å². The third-order valence-corrected chi connectivity index (χ3v) is 9.77. The number of rotatable bonds is 16. The number of alkyl carbamates (subject to hydrolysis) is 1. The van der Waals surface area contributed by atoms with Gasteiger partial charge in [-0.3, -0.25) is 9.59 Å². The Hall–Kier alpha value is -4.52. The molecule has 2 aromatic rings. The zero-order valence-corrected chi connectivity index (χ0v) is 33.8. The van der Waals surface area contributed by atoms with Gasteiger partial charge < -0.3 is 45.7 Å². The minimum Gasteiger partial charge on any atom is -0.497 e. The summed E-state index contributed by atoms with van der Waals surface area (Å²) in [5.74, 6) is -1.22. The number of methoxy groups -OCH3 is 2. The Morgan fingerprint density at radius 3 is 1.75 bits per heavy atom. The van der Waals surface area contributed by atoms with Gasteiger partial charge in [-0.25, -0.2) is 9.59 Å². The first kappa shape index (κ1) is 44.9. The Labute approximate surface area is 326 Å². The van der Waals surface area contributed by atoms with Gasteiger partial charge in [0, 0.05) is 36.6 Å². The van der Waals surface area contributed by atoms with Crippen LogP contribution in [-0.4, -0.2) is 73.0 Å². The molecule has 4 rings (SSSR count). The van der Waals surface area contributed by atoms with Crippen LogP contribution in [0.2, 0.25) is 0 Å². The number of amides is 3. The van der Waals surface area contributed by atoms with Gasteiger partial charge in [0.05, 0.1) is 14.2 Å². The van der Waals surface area contributed by atoms with Crippen LogP contribution < -0.4 is 35.9 Å². The van der Waals surface area contributed by atoms with E-state index in [1.807, 2.05) is 20.8 Å². The number of benzene rings is 2. The summed E-state index contributed by atoms with van der Waals surface area (Å²) in [4.78, 5) is 49.3. The highest BCUT2D eigenvalue weighted by Gasteiger charge is 2.31. The average molecular weight is 769 g/mol. The summed E-state index contributed by atoms with van der Waals surface area (Å²) in [7, 11) is 3.00. The van der Waals surface area contributed by atoms with Crippen LogP contribution in [-0.2, 0) is 31.1 Å². The Bertz CT molecular complexity index is 1490. The summed E-state index contributed by atoms with van der Waals surface area (Å²) in [6.07, 6.45) is 13.2. The van der Waals surface area contributed by atoms with Crippen molar-refractivity contribution in [3.05, 3.63) is 53.6 Å². The van der Waals surface area contributed by atoms with Crippen LogP contribution in [0.25, 0.3) is 0 Å². The minimum atomic E-state index is -1.39. The Balaban J connectivity index is 0.000000519. The first-order valence-electron chi connectivity index (χ1n) is 19.6. The summed E-state index contributed by atoms with van der Waals surface area (Å²) in [6, 6.07) is 11.1. The smallest absolute Gasteiger partial charge is 0.408 e. The highest BCUT2D eigenvalue weighted by molar-refractivity contribution is 5.89. The second-order valence-corrected chi connectivity index (χ2v) is 16.0. The molecule has 0 radical (unpaired) electrons. The van der Waals surface area contributed by atoms with Crippen molar-refractivity contribution in [3.8, 4) is 17.2 Å². The minimum absolute atomic E-state index is 0.00625. The fourth-order valence-electron chi connectivity index (χ4n) is 6.80. The number of nitrogens with two attached hydrogens (primary N) is 1. The lowest BCUT2D eigenvalue weighted by atomic mass is 9.91. The molecule has 306 valence electrons. The van der Waals surface area contributed by atoms with Gasteiger partial charge in [0.1, 0.15) is 40.5 Å². The van der Waals surface area contributed by atoms with Gasteiger partial charge in [-0.05, 0) is 96.6 Å². The van der Waals surface area contributed by atoms with Crippen LogP contribution in [0, 0.1) is 0 Å². The first-order chi connectivity index (χ1) is 26.0. The predicted molar refractivity (Wildman–Crippen MR) is 211 cm³/mol. The molecule has 6 N–H and O–H groups in total. The van der Waals surface area contributed by atoms with Crippen LogP contribution >= 0.6 is 0 Å². The number of carbonyl (C=O) groups is 4. The van der Waals surface area contributed by atoms with E-state index in [-0.39, 0.29) is 19.3 Å². The zero-order chi connectivity index (χ0) is 40.6. The molecule has 13 nitrogen and oxygen atoms in total. The highest BCUT2D eigenvalue weighted by atomic mass is 16.6. The molecule has 2 aliphatic carbocycles. The molecule has 0 unspecified atom stereocenters. The zero-order valence-electron chi connectivity index (χ0n) is 33.8. The average Bonchev–Trinajstić information content (AvgIpc) is 3.13. The number of nitrogens with one attached hydrogen (secondary N) is 3. The second-order valence-electron chi connectivity index (χ2n) is 16.0. The molecule has 0 saturated heterocycles. The van der Waals surface area contributed by atoms with Crippen LogP contribution in [0.1, 0.15) is 123 Å². The molecular formula is C42H64N4O9. The molecule has 2 atom stereocenters. The van der Waals surface area contributed by atoms with Crippen molar-refractivity contribution in [1.29, 1.82) is 0 Å². The lowest BCUT2D eigenvalue weighted by Crippen LogP contribution is -2.53. The number of ether oxygens (including phenoxy) is 4. The fraction of sp³-hybridized carbons (Fsp3) is 0.619. The number of carboxylic acids is 1. The van der Waals surface area contributed by atoms with Crippen LogP contribution in [0.5, 0.6) is 17.2 Å². The third kappa shape index (κ3) is 16.4. The van der Waals surface area contributed by atoms with Gasteiger partial charge in [-0.1, -0.05) is 50.7 Å². The third-order valence-electron chi connectivity index (χ3n) is 9.77. The van der Waals surface area contributed by atoms with Crippen LogP contribution in [0.15, 0.2) is 42.5 Å². The van der Waals surface area contributed by atoms with E-state index in [2.05, 4.69) is 16.0 Å². The molecule has 3 amide bonds. The van der Waals surface area contributed by atoms with E-state index in [0.717, 1.165) is 12.1 Å². The Morgan fingerprint density at radius 2 is 1.29 bits per heavy atom. The largest absolute Gasteiger partial charge is 0.497 e. The number of hydrogen-bond acceptors (Lipinski definition) is 9. The van der Waals surface area contributed by atoms with Crippen molar-refractivity contribution >= 4 is 23.9 Å². The molecule has 0 aliphatic heterocycles. The molecular weight excluding hydrogens is 704 g/mol. The topological polar surface area (TPSA) is 188 Å². The van der Waals surface area contributed by atoms with Gasteiger partial charge in [-0.15, -0.1) is 0 Å². The Morgan fingerprint density at radius 1 is 0.764 bits per heavy atom. The molecule has 13 heteroatoms. The van der Waals surface area contributed by atoms with Gasteiger partial charge >= 0.3 is 12.1 Å². The number of carbonyl (C=O) groups excluding carboxylic acids is 3. The van der Waals surface area contributed by atoms with E-state index in [9.17, 15) is 24.3 Å². The summed E-state index contributed by atoms with van der Waals surface area (Å²) < 4.78 is 22.2. The number of carboxylic acid groups (broad SMARTS) is 1. The molecule has 2 fully saturated rings. The molecule has 55 heavy (non-hydrogen) atoms. The van der Waals surface area contributed by atoms with E-state index in [0.29, 0.717) is 28.4 Å². The molecule has 2 saturated carbocycles. The normalized spacial score (nSPS) is 16.3. The maximum absolute atomic E-state index is 13.3. The van der Waals surface area contributed by atoms with Gasteiger partial charge in [0.25, 0.3) is 0 Å². The molecule has 0 aromatic heterocycles. The molecule has 2 aliphatic rings. The lowest BCUT2D eigenvalue weighted by Gasteiger charge is -2.30. The fourth-order valence-corrected chi connectivity index (χ4v) is 6.80. The quantitative estimate of drug-likeness (QED) is 0.126. The Kier molecular flexibility index (Phi) is 17.6. The van der Waals surface area contributed by atoms with E-state index in [4.69, 9.17) is 24.7 Å². The number of aliphatic carboxylic acids is 1. The van der Waals surface area contributed by atoms with E-state index in [1.54, 1.807) is 56.3 Å². The molecule has 0 bridgehead atoms. The predicted octanol–water partition coefficient (Wildman–Crippen LogP) is 6.53. The van der Waals surface area contributed by atoms with Crippen LogP contribution in [0.3, 0.4) is 0 Å². The summed E-state index contributed by atoms with van der Waals surface area (Å²) in [5.41, 5.74) is 4.80. The summed E-state index contributed by atoms with van der Waals surface area (Å²) >= 11 is 0. The number of hydrogen-bond donors (Lipinski definition) is 5. The highest BCUT2D eigenvalue weighted by Crippen LogP contribution is 2.32. The molecule has 0 heterocycles. The van der Waals surface area contributed by atoms with Crippen molar-refractivity contribution in [2.75, 3.05) is 14.2 Å². The maximum atomic E-state index is 13.3. The number of primary amides is 1. The van der Waals surface area contributed by atoms with E-state index >= 15 is 0 Å². The summed E-state index contributed by atoms with van der Waals surface area (Å²) in [5, 5.41) is 18.4. The van der Waals surface area contributed by atoms with Crippen molar-refractivity contribution in [2.24, 2.45) is 5.73 Å². The van der Waals surface area contributed by atoms with E-state index < -0.39 is 47.2 Å². The second kappa shape index (κ2) is 21.5. The van der Waals surface area contributed by atoms with Crippen molar-refractivity contribution in [1.82, 2.24) is 16.0 Å². The monoisotopic (exact) mass is 768 g/mol. The van der Waals surface area contributed by atoms with Gasteiger partial charge in [0.2, 0.25) is 11.8 Å². The van der Waals surface area contributed by atoms with Crippen molar-refractivity contribution in [3.63, 3.8) is 0 Å².